The van der Waals surface area contributed by atoms with Gasteiger partial charge in [-0.3, -0.25) is 14.6 Å². The van der Waals surface area contributed by atoms with E-state index in [1.807, 2.05) is 39.5 Å². The number of hydrogen-bond donors (Lipinski definition) is 3. The minimum absolute atomic E-state index is 0.0411. The van der Waals surface area contributed by atoms with E-state index in [0.29, 0.717) is 19.1 Å². The van der Waals surface area contributed by atoms with Gasteiger partial charge in [0.15, 0.2) is 5.96 Å². The number of nitrogens with one attached hydrogen (secondary N) is 3. The first-order valence-electron chi connectivity index (χ1n) is 9.19. The Balaban J connectivity index is 2.29. The Hall–Kier alpha value is -1.79. The first-order valence-corrected chi connectivity index (χ1v) is 9.19. The molecule has 0 aliphatic carbocycles. The minimum atomic E-state index is -0.374. The number of amides is 2. The fourth-order valence-corrected chi connectivity index (χ4v) is 2.62. The Morgan fingerprint density at radius 1 is 1.12 bits per heavy atom. The first kappa shape index (κ1) is 21.3. The van der Waals surface area contributed by atoms with Crippen LogP contribution in [-0.2, 0) is 9.59 Å². The average Bonchev–Trinajstić information content (AvgIpc) is 2.56. The van der Waals surface area contributed by atoms with E-state index in [-0.39, 0.29) is 23.1 Å². The molecule has 0 saturated carbocycles. The summed E-state index contributed by atoms with van der Waals surface area (Å²) < 4.78 is 0. The third-order valence-electron chi connectivity index (χ3n) is 4.25. The number of hydrogen-bond acceptors (Lipinski definition) is 3. The fraction of sp³-hybridized carbons (Fsp3) is 0.833. The Morgan fingerprint density at radius 2 is 1.68 bits per heavy atom. The van der Waals surface area contributed by atoms with Crippen LogP contribution in [0.3, 0.4) is 0 Å². The van der Waals surface area contributed by atoms with E-state index in [4.69, 9.17) is 0 Å². The molecular formula is C18H35N5O2. The van der Waals surface area contributed by atoms with Gasteiger partial charge in [0, 0.05) is 50.6 Å². The molecule has 0 aromatic heterocycles. The largest absolute Gasteiger partial charge is 0.355 e. The zero-order valence-corrected chi connectivity index (χ0v) is 16.6. The summed E-state index contributed by atoms with van der Waals surface area (Å²) in [5.41, 5.74) is -0.374. The summed E-state index contributed by atoms with van der Waals surface area (Å²) in [7, 11) is 1.74. The highest BCUT2D eigenvalue weighted by Gasteiger charge is 2.24. The SMILES string of the molecule is CN=C(NCCNC(=O)C(C)(C)C)NC1CCN(C(=O)C(C)C)CC1. The van der Waals surface area contributed by atoms with Gasteiger partial charge in [-0.15, -0.1) is 0 Å². The lowest BCUT2D eigenvalue weighted by molar-refractivity contribution is -0.135. The molecule has 0 unspecified atom stereocenters. The van der Waals surface area contributed by atoms with Crippen LogP contribution in [-0.4, -0.2) is 61.9 Å². The van der Waals surface area contributed by atoms with Crippen molar-refractivity contribution in [2.24, 2.45) is 16.3 Å². The molecule has 1 fully saturated rings. The number of aliphatic imine (C=N–C) groups is 1. The van der Waals surface area contributed by atoms with Crippen LogP contribution in [0.5, 0.6) is 0 Å². The number of guanidine groups is 1. The maximum atomic E-state index is 12.0. The predicted molar refractivity (Wildman–Crippen MR) is 101 cm³/mol. The molecule has 144 valence electrons. The summed E-state index contributed by atoms with van der Waals surface area (Å²) in [6.45, 7) is 12.3. The Kier molecular flexibility index (Phi) is 8.19. The summed E-state index contributed by atoms with van der Waals surface area (Å²) in [6, 6.07) is 0.312. The van der Waals surface area contributed by atoms with E-state index in [2.05, 4.69) is 20.9 Å². The van der Waals surface area contributed by atoms with Gasteiger partial charge in [-0.1, -0.05) is 34.6 Å². The lowest BCUT2D eigenvalue weighted by atomic mass is 9.96. The first-order chi connectivity index (χ1) is 11.6. The van der Waals surface area contributed by atoms with E-state index in [1.54, 1.807) is 7.05 Å². The number of carbonyl (C=O) groups is 2. The van der Waals surface area contributed by atoms with Gasteiger partial charge < -0.3 is 20.9 Å². The van der Waals surface area contributed by atoms with Crippen molar-refractivity contribution >= 4 is 17.8 Å². The number of nitrogens with zero attached hydrogens (tertiary/aromatic N) is 2. The van der Waals surface area contributed by atoms with Gasteiger partial charge in [0.05, 0.1) is 0 Å². The molecule has 0 atom stereocenters. The van der Waals surface area contributed by atoms with Crippen LogP contribution in [0.15, 0.2) is 4.99 Å². The molecule has 7 nitrogen and oxygen atoms in total. The van der Waals surface area contributed by atoms with E-state index in [9.17, 15) is 9.59 Å². The molecule has 1 aliphatic heterocycles. The van der Waals surface area contributed by atoms with E-state index in [0.717, 1.165) is 31.9 Å². The van der Waals surface area contributed by atoms with Crippen molar-refractivity contribution in [1.29, 1.82) is 0 Å². The van der Waals surface area contributed by atoms with Crippen molar-refractivity contribution in [3.05, 3.63) is 0 Å². The zero-order chi connectivity index (χ0) is 19.0. The highest BCUT2D eigenvalue weighted by atomic mass is 16.2. The highest BCUT2D eigenvalue weighted by Crippen LogP contribution is 2.13. The van der Waals surface area contributed by atoms with E-state index < -0.39 is 0 Å². The maximum absolute atomic E-state index is 12.0. The summed E-state index contributed by atoms with van der Waals surface area (Å²) in [4.78, 5) is 30.0. The van der Waals surface area contributed by atoms with Crippen LogP contribution in [0.1, 0.15) is 47.5 Å². The molecule has 0 radical (unpaired) electrons. The average molecular weight is 354 g/mol. The molecule has 7 heteroatoms. The third kappa shape index (κ3) is 7.32. The fourth-order valence-electron chi connectivity index (χ4n) is 2.62. The monoisotopic (exact) mass is 353 g/mol. The topological polar surface area (TPSA) is 85.8 Å². The van der Waals surface area contributed by atoms with Crippen LogP contribution in [0.25, 0.3) is 0 Å². The second-order valence-corrected chi connectivity index (χ2v) is 7.90. The van der Waals surface area contributed by atoms with Gasteiger partial charge in [0.2, 0.25) is 11.8 Å². The Bertz CT molecular complexity index is 474. The summed E-state index contributed by atoms with van der Waals surface area (Å²) in [5.74, 6) is 1.07. The number of likely N-dealkylation sites (tertiary alicyclic amines) is 1. The molecule has 1 aliphatic rings. The summed E-state index contributed by atoms with van der Waals surface area (Å²) in [5, 5.41) is 9.53. The summed E-state index contributed by atoms with van der Waals surface area (Å²) >= 11 is 0. The van der Waals surface area contributed by atoms with Crippen molar-refractivity contribution in [2.75, 3.05) is 33.2 Å². The van der Waals surface area contributed by atoms with Crippen LogP contribution < -0.4 is 16.0 Å². The second-order valence-electron chi connectivity index (χ2n) is 7.90. The predicted octanol–water partition coefficient (Wildman–Crippen LogP) is 0.961. The molecule has 1 rings (SSSR count). The van der Waals surface area contributed by atoms with Crippen LogP contribution in [0.4, 0.5) is 0 Å². The number of rotatable bonds is 5. The molecule has 1 heterocycles. The van der Waals surface area contributed by atoms with E-state index >= 15 is 0 Å². The van der Waals surface area contributed by atoms with Gasteiger partial charge >= 0.3 is 0 Å². The van der Waals surface area contributed by atoms with Crippen molar-refractivity contribution in [2.45, 2.75) is 53.5 Å². The lowest BCUT2D eigenvalue weighted by Gasteiger charge is -2.34. The van der Waals surface area contributed by atoms with Gasteiger partial charge in [0.25, 0.3) is 0 Å². The third-order valence-corrected chi connectivity index (χ3v) is 4.25. The normalized spacial score (nSPS) is 16.8. The molecule has 0 bridgehead atoms. The highest BCUT2D eigenvalue weighted by molar-refractivity contribution is 5.82. The zero-order valence-electron chi connectivity index (χ0n) is 16.6. The van der Waals surface area contributed by atoms with Gasteiger partial charge in [0.1, 0.15) is 0 Å². The minimum Gasteiger partial charge on any atom is -0.355 e. The molecule has 1 saturated heterocycles. The van der Waals surface area contributed by atoms with Crippen LogP contribution in [0, 0.1) is 11.3 Å². The quantitative estimate of drug-likeness (QED) is 0.390. The van der Waals surface area contributed by atoms with Gasteiger partial charge in [-0.05, 0) is 12.8 Å². The Labute approximate surface area is 152 Å². The lowest BCUT2D eigenvalue weighted by Crippen LogP contribution is -2.51. The second kappa shape index (κ2) is 9.63. The molecule has 0 aromatic carbocycles. The van der Waals surface area contributed by atoms with E-state index in [1.165, 1.54) is 0 Å². The summed E-state index contributed by atoms with van der Waals surface area (Å²) in [6.07, 6.45) is 1.83. The van der Waals surface area contributed by atoms with Crippen LogP contribution in [0.2, 0.25) is 0 Å². The Morgan fingerprint density at radius 3 is 2.16 bits per heavy atom. The number of piperidine rings is 1. The molecule has 2 amide bonds. The molecule has 3 N–H and O–H groups in total. The van der Waals surface area contributed by atoms with Crippen molar-refractivity contribution in [3.63, 3.8) is 0 Å². The van der Waals surface area contributed by atoms with Crippen molar-refractivity contribution in [3.8, 4) is 0 Å². The maximum Gasteiger partial charge on any atom is 0.225 e. The van der Waals surface area contributed by atoms with Crippen molar-refractivity contribution in [1.82, 2.24) is 20.9 Å². The number of carbonyl (C=O) groups excluding carboxylic acids is 2. The molecule has 0 aromatic rings. The standard InChI is InChI=1S/C18H35N5O2/c1-13(2)15(24)23-11-7-14(8-12-23)22-17(19-6)21-10-9-20-16(25)18(3,4)5/h13-14H,7-12H2,1-6H3,(H,20,25)(H2,19,21,22). The smallest absolute Gasteiger partial charge is 0.225 e. The molecule has 0 spiro atoms. The van der Waals surface area contributed by atoms with Crippen LogP contribution >= 0.6 is 0 Å². The van der Waals surface area contributed by atoms with Gasteiger partial charge in [-0.25, -0.2) is 0 Å². The molecular weight excluding hydrogens is 318 g/mol. The van der Waals surface area contributed by atoms with Crippen molar-refractivity contribution < 1.29 is 9.59 Å². The molecule has 25 heavy (non-hydrogen) atoms. The van der Waals surface area contributed by atoms with Gasteiger partial charge in [-0.2, -0.15) is 0 Å².